The number of aliphatic hydroxyl groups is 1. The number of benzene rings is 1. The molecule has 1 aromatic carbocycles. The molecule has 0 aliphatic carbocycles. The van der Waals surface area contributed by atoms with Crippen molar-refractivity contribution < 1.29 is 23.1 Å². The van der Waals surface area contributed by atoms with Gasteiger partial charge in [-0.05, 0) is 18.2 Å². The minimum Gasteiger partial charge on any atom is -0.390 e. The predicted molar refractivity (Wildman–Crippen MR) is 89.5 cm³/mol. The number of nitrogens with zero attached hydrogens (tertiary/aromatic N) is 6. The maximum Gasteiger partial charge on any atom is 0.418 e. The zero-order valence-electron chi connectivity index (χ0n) is 14.4. The number of hydrogen-bond acceptors (Lipinski definition) is 5. The Labute approximate surface area is 156 Å². The van der Waals surface area contributed by atoms with Gasteiger partial charge in [0.05, 0.1) is 30.1 Å². The number of amides is 1. The second-order valence-corrected chi connectivity index (χ2v) is 6.37. The molecular weight excluding hydrogens is 377 g/mol. The molecule has 1 aliphatic heterocycles. The zero-order chi connectivity index (χ0) is 19.9. The summed E-state index contributed by atoms with van der Waals surface area (Å²) in [5.41, 5.74) is -0.474. The van der Waals surface area contributed by atoms with Crippen molar-refractivity contribution in [1.82, 2.24) is 29.7 Å². The number of para-hydroxylation sites is 1. The third-order valence-corrected chi connectivity index (χ3v) is 4.51. The van der Waals surface area contributed by atoms with Gasteiger partial charge in [0.2, 0.25) is 0 Å². The summed E-state index contributed by atoms with van der Waals surface area (Å²) in [5.74, 6) is -0.373. The van der Waals surface area contributed by atoms with Gasteiger partial charge in [-0.3, -0.25) is 4.79 Å². The molecule has 3 heterocycles. The number of hydrogen-bond donors (Lipinski definition) is 1. The lowest BCUT2D eigenvalue weighted by molar-refractivity contribution is -0.137. The van der Waals surface area contributed by atoms with E-state index in [1.165, 1.54) is 35.4 Å². The summed E-state index contributed by atoms with van der Waals surface area (Å²) in [6.45, 7) is 0.532. The molecule has 146 valence electrons. The van der Waals surface area contributed by atoms with Crippen molar-refractivity contribution in [2.24, 2.45) is 0 Å². The number of aliphatic hydroxyl groups excluding tert-OH is 1. The second-order valence-electron chi connectivity index (χ2n) is 6.37. The van der Waals surface area contributed by atoms with E-state index < -0.39 is 11.7 Å². The molecule has 1 amide bonds. The van der Waals surface area contributed by atoms with E-state index in [4.69, 9.17) is 5.11 Å². The van der Waals surface area contributed by atoms with Gasteiger partial charge in [0.25, 0.3) is 5.91 Å². The fraction of sp³-hybridized carbons (Fsp3) is 0.294. The molecule has 0 radical (unpaired) electrons. The van der Waals surface area contributed by atoms with Crippen LogP contribution >= 0.6 is 0 Å². The molecule has 11 heteroatoms. The van der Waals surface area contributed by atoms with Crippen molar-refractivity contribution in [2.45, 2.75) is 18.8 Å². The van der Waals surface area contributed by atoms with Crippen molar-refractivity contribution in [1.29, 1.82) is 0 Å². The molecule has 2 aromatic heterocycles. The molecule has 0 atom stereocenters. The van der Waals surface area contributed by atoms with Gasteiger partial charge in [-0.1, -0.05) is 17.3 Å². The Bertz CT molecular complexity index is 1010. The minimum absolute atomic E-state index is 0.0602. The zero-order valence-corrected chi connectivity index (χ0v) is 14.4. The van der Waals surface area contributed by atoms with Gasteiger partial charge in [-0.2, -0.15) is 18.3 Å². The fourth-order valence-electron chi connectivity index (χ4n) is 3.00. The Morgan fingerprint density at radius 2 is 1.96 bits per heavy atom. The van der Waals surface area contributed by atoms with E-state index in [1.807, 2.05) is 0 Å². The molecule has 0 bridgehead atoms. The summed E-state index contributed by atoms with van der Waals surface area (Å²) in [5, 5.41) is 20.7. The molecule has 3 aromatic rings. The minimum atomic E-state index is -4.53. The standard InChI is InChI=1S/C17H15F3N6O2/c18-17(19,20)13-3-1-2-4-15(13)25-6-5-14(22-25)16(28)24-8-12(9-24)26-7-11(10-27)21-23-26/h1-7,12,27H,8-10H2. The molecule has 4 rings (SSSR count). The Morgan fingerprint density at radius 3 is 2.64 bits per heavy atom. The van der Waals surface area contributed by atoms with E-state index in [0.29, 0.717) is 18.8 Å². The third kappa shape index (κ3) is 3.24. The van der Waals surface area contributed by atoms with E-state index in [2.05, 4.69) is 15.4 Å². The first-order chi connectivity index (χ1) is 13.4. The average Bonchev–Trinajstić information content (AvgIpc) is 3.29. The molecule has 1 fully saturated rings. The highest BCUT2D eigenvalue weighted by molar-refractivity contribution is 5.92. The van der Waals surface area contributed by atoms with Crippen LogP contribution in [0.3, 0.4) is 0 Å². The van der Waals surface area contributed by atoms with Crippen molar-refractivity contribution in [3.05, 3.63) is 59.7 Å². The SMILES string of the molecule is O=C(c1ccn(-c2ccccc2C(F)(F)F)n1)N1CC(n2cc(CO)nn2)C1. The predicted octanol–water partition coefficient (Wildman–Crippen LogP) is 1.67. The first-order valence-corrected chi connectivity index (χ1v) is 8.40. The van der Waals surface area contributed by atoms with Gasteiger partial charge in [0, 0.05) is 19.3 Å². The molecular formula is C17H15F3N6O2. The highest BCUT2D eigenvalue weighted by Crippen LogP contribution is 2.33. The number of rotatable bonds is 4. The van der Waals surface area contributed by atoms with Gasteiger partial charge < -0.3 is 10.0 Å². The number of carbonyl (C=O) groups excluding carboxylic acids is 1. The molecule has 1 N–H and O–H groups in total. The van der Waals surface area contributed by atoms with Gasteiger partial charge in [0.1, 0.15) is 5.69 Å². The van der Waals surface area contributed by atoms with Crippen LogP contribution in [0.4, 0.5) is 13.2 Å². The van der Waals surface area contributed by atoms with Gasteiger partial charge in [0.15, 0.2) is 5.69 Å². The highest BCUT2D eigenvalue weighted by atomic mass is 19.4. The summed E-state index contributed by atoms with van der Waals surface area (Å²) in [6.07, 6.45) is -1.59. The maximum absolute atomic E-state index is 13.2. The van der Waals surface area contributed by atoms with Crippen molar-refractivity contribution in [2.75, 3.05) is 13.1 Å². The maximum atomic E-state index is 13.2. The first-order valence-electron chi connectivity index (χ1n) is 8.40. The summed E-state index contributed by atoms with van der Waals surface area (Å²) in [7, 11) is 0. The van der Waals surface area contributed by atoms with Crippen molar-refractivity contribution in [3.63, 3.8) is 0 Å². The summed E-state index contributed by atoms with van der Waals surface area (Å²) < 4.78 is 42.2. The molecule has 8 nitrogen and oxygen atoms in total. The normalized spacial score (nSPS) is 14.9. The molecule has 0 spiro atoms. The van der Waals surface area contributed by atoms with Gasteiger partial charge in [-0.25, -0.2) is 9.36 Å². The molecule has 28 heavy (non-hydrogen) atoms. The molecule has 0 unspecified atom stereocenters. The third-order valence-electron chi connectivity index (χ3n) is 4.51. The quantitative estimate of drug-likeness (QED) is 0.730. The number of likely N-dealkylation sites (tertiary alicyclic amines) is 1. The van der Waals surface area contributed by atoms with E-state index in [1.54, 1.807) is 10.9 Å². The van der Waals surface area contributed by atoms with Crippen LogP contribution in [-0.2, 0) is 12.8 Å². The van der Waals surface area contributed by atoms with Crippen LogP contribution in [0.25, 0.3) is 5.69 Å². The van der Waals surface area contributed by atoms with Crippen LogP contribution in [0.5, 0.6) is 0 Å². The smallest absolute Gasteiger partial charge is 0.390 e. The lowest BCUT2D eigenvalue weighted by Crippen LogP contribution is -2.51. The Kier molecular flexibility index (Phi) is 4.38. The monoisotopic (exact) mass is 392 g/mol. The van der Waals surface area contributed by atoms with E-state index in [-0.39, 0.29) is 29.9 Å². The highest BCUT2D eigenvalue weighted by Gasteiger charge is 2.36. The Balaban J connectivity index is 1.48. The van der Waals surface area contributed by atoms with Crippen LogP contribution < -0.4 is 0 Å². The number of halogens is 3. The number of aromatic nitrogens is 5. The molecule has 0 saturated carbocycles. The Hall–Kier alpha value is -3.21. The average molecular weight is 392 g/mol. The topological polar surface area (TPSA) is 89.1 Å². The van der Waals surface area contributed by atoms with Crippen LogP contribution in [0.15, 0.2) is 42.7 Å². The molecule has 1 aliphatic rings. The van der Waals surface area contributed by atoms with Crippen molar-refractivity contribution in [3.8, 4) is 5.69 Å². The van der Waals surface area contributed by atoms with Crippen LogP contribution in [0.2, 0.25) is 0 Å². The van der Waals surface area contributed by atoms with Gasteiger partial charge >= 0.3 is 6.18 Å². The number of carbonyl (C=O) groups is 1. The number of alkyl halides is 3. The van der Waals surface area contributed by atoms with Gasteiger partial charge in [-0.15, -0.1) is 5.10 Å². The molecule has 1 saturated heterocycles. The lowest BCUT2D eigenvalue weighted by atomic mass is 10.1. The summed E-state index contributed by atoms with van der Waals surface area (Å²) in [6, 6.07) is 6.37. The lowest BCUT2D eigenvalue weighted by Gasteiger charge is -2.38. The largest absolute Gasteiger partial charge is 0.418 e. The van der Waals surface area contributed by atoms with E-state index >= 15 is 0 Å². The van der Waals surface area contributed by atoms with Crippen LogP contribution in [0, 0.1) is 0 Å². The second kappa shape index (κ2) is 6.75. The van der Waals surface area contributed by atoms with Crippen LogP contribution in [0.1, 0.15) is 27.8 Å². The van der Waals surface area contributed by atoms with E-state index in [9.17, 15) is 18.0 Å². The fourth-order valence-corrected chi connectivity index (χ4v) is 3.00. The first kappa shape index (κ1) is 18.2. The van der Waals surface area contributed by atoms with Crippen LogP contribution in [-0.4, -0.2) is 53.8 Å². The van der Waals surface area contributed by atoms with E-state index in [0.717, 1.165) is 10.7 Å². The summed E-state index contributed by atoms with van der Waals surface area (Å²) in [4.78, 5) is 14.1. The summed E-state index contributed by atoms with van der Waals surface area (Å²) >= 11 is 0. The van der Waals surface area contributed by atoms with Crippen molar-refractivity contribution >= 4 is 5.91 Å². The Morgan fingerprint density at radius 1 is 1.21 bits per heavy atom.